The van der Waals surface area contributed by atoms with Crippen molar-refractivity contribution in [2.75, 3.05) is 13.6 Å². The zero-order chi connectivity index (χ0) is 15.7. The molecule has 0 aromatic heterocycles. The lowest BCUT2D eigenvalue weighted by molar-refractivity contribution is 0.0620. The Morgan fingerprint density at radius 2 is 1.95 bits per heavy atom. The van der Waals surface area contributed by atoms with Crippen LogP contribution in [0.1, 0.15) is 15.9 Å². The number of hydrogen-bond acceptors (Lipinski definition) is 3. The first kappa shape index (κ1) is 16.8. The number of carbonyl (C=O) groups is 1. The number of benzene rings is 1. The normalized spacial score (nSPS) is 11.8. The molecule has 20 heavy (non-hydrogen) atoms. The van der Waals surface area contributed by atoms with E-state index in [4.69, 9.17) is 10.7 Å². The van der Waals surface area contributed by atoms with Crippen LogP contribution in [0.15, 0.2) is 17.0 Å². The van der Waals surface area contributed by atoms with Crippen LogP contribution in [0.25, 0.3) is 0 Å². The summed E-state index contributed by atoms with van der Waals surface area (Å²) in [5, 5.41) is 0. The van der Waals surface area contributed by atoms with E-state index in [-0.39, 0.29) is 11.1 Å². The van der Waals surface area contributed by atoms with E-state index in [1.54, 1.807) is 0 Å². The Balaban J connectivity index is 3.28. The van der Waals surface area contributed by atoms with E-state index in [1.165, 1.54) is 6.92 Å². The fourth-order valence-electron chi connectivity index (χ4n) is 1.55. The first-order valence-corrected chi connectivity index (χ1v) is 7.63. The van der Waals surface area contributed by atoms with E-state index in [0.717, 1.165) is 19.2 Å². The zero-order valence-corrected chi connectivity index (χ0v) is 12.1. The molecule has 0 heterocycles. The molecular weight excluding hydrogens is 319 g/mol. The Bertz CT molecular complexity index is 634. The SMILES string of the molecule is Cc1cc(C(=O)N(C)CC(F)F)cc(S(=O)(=O)Cl)c1F. The van der Waals surface area contributed by atoms with Gasteiger partial charge in [0.2, 0.25) is 0 Å². The Morgan fingerprint density at radius 3 is 2.40 bits per heavy atom. The first-order chi connectivity index (χ1) is 9.04. The number of nitrogens with zero attached hydrogens (tertiary/aromatic N) is 1. The van der Waals surface area contributed by atoms with Crippen molar-refractivity contribution in [3.8, 4) is 0 Å². The fourth-order valence-corrected chi connectivity index (χ4v) is 2.53. The molecule has 0 radical (unpaired) electrons. The van der Waals surface area contributed by atoms with Crippen molar-refractivity contribution < 1.29 is 26.4 Å². The van der Waals surface area contributed by atoms with Gasteiger partial charge in [-0.1, -0.05) is 0 Å². The van der Waals surface area contributed by atoms with E-state index < -0.39 is 38.6 Å². The number of aryl methyl sites for hydroxylation is 1. The minimum Gasteiger partial charge on any atom is -0.336 e. The van der Waals surface area contributed by atoms with Crippen LogP contribution in [0.3, 0.4) is 0 Å². The third kappa shape index (κ3) is 3.86. The Hall–Kier alpha value is -1.28. The van der Waals surface area contributed by atoms with Crippen LogP contribution < -0.4 is 0 Å². The molecule has 9 heteroatoms. The van der Waals surface area contributed by atoms with Crippen molar-refractivity contribution >= 4 is 25.6 Å². The molecule has 4 nitrogen and oxygen atoms in total. The summed E-state index contributed by atoms with van der Waals surface area (Å²) >= 11 is 0. The van der Waals surface area contributed by atoms with E-state index in [2.05, 4.69) is 0 Å². The van der Waals surface area contributed by atoms with Gasteiger partial charge in [0.15, 0.2) is 0 Å². The Morgan fingerprint density at radius 1 is 1.40 bits per heavy atom. The van der Waals surface area contributed by atoms with Crippen LogP contribution in [-0.2, 0) is 9.05 Å². The number of rotatable bonds is 4. The van der Waals surface area contributed by atoms with Crippen LogP contribution in [0.5, 0.6) is 0 Å². The second-order valence-electron chi connectivity index (χ2n) is 4.12. The van der Waals surface area contributed by atoms with Gasteiger partial charge in [0.05, 0.1) is 6.54 Å². The molecule has 1 aromatic rings. The summed E-state index contributed by atoms with van der Waals surface area (Å²) in [4.78, 5) is 11.7. The van der Waals surface area contributed by atoms with Crippen LogP contribution in [0.2, 0.25) is 0 Å². The maximum atomic E-state index is 13.6. The third-order valence-electron chi connectivity index (χ3n) is 2.49. The molecule has 112 valence electrons. The maximum Gasteiger partial charge on any atom is 0.264 e. The molecule has 0 unspecified atom stereocenters. The predicted octanol–water partition coefficient (Wildman–Crippen LogP) is 2.40. The van der Waals surface area contributed by atoms with Gasteiger partial charge in [-0.15, -0.1) is 0 Å². The summed E-state index contributed by atoms with van der Waals surface area (Å²) in [6.07, 6.45) is -2.73. The van der Waals surface area contributed by atoms with Gasteiger partial charge in [-0.25, -0.2) is 21.6 Å². The highest BCUT2D eigenvalue weighted by molar-refractivity contribution is 8.13. The van der Waals surface area contributed by atoms with Gasteiger partial charge in [-0.3, -0.25) is 4.79 Å². The molecule has 0 aliphatic rings. The molecule has 0 N–H and O–H groups in total. The van der Waals surface area contributed by atoms with Crippen molar-refractivity contribution in [2.45, 2.75) is 18.2 Å². The van der Waals surface area contributed by atoms with Gasteiger partial charge in [0.1, 0.15) is 10.7 Å². The van der Waals surface area contributed by atoms with E-state index >= 15 is 0 Å². The lowest BCUT2D eigenvalue weighted by Crippen LogP contribution is -2.31. The molecule has 1 amide bonds. The predicted molar refractivity (Wildman–Crippen MR) is 67.1 cm³/mol. The summed E-state index contributed by atoms with van der Waals surface area (Å²) in [7, 11) is 1.81. The van der Waals surface area contributed by atoms with Gasteiger partial charge in [-0.05, 0) is 24.6 Å². The van der Waals surface area contributed by atoms with Crippen molar-refractivity contribution in [2.24, 2.45) is 0 Å². The average Bonchev–Trinajstić information content (AvgIpc) is 2.29. The lowest BCUT2D eigenvalue weighted by Gasteiger charge is -2.17. The van der Waals surface area contributed by atoms with Gasteiger partial charge in [0, 0.05) is 23.3 Å². The van der Waals surface area contributed by atoms with Crippen molar-refractivity contribution in [3.63, 3.8) is 0 Å². The standard InChI is InChI=1S/C11H11ClF3NO3S/c1-6-3-7(11(17)16(2)5-9(13)14)4-8(10(6)15)20(12,18)19/h3-4,9H,5H2,1-2H3. The fraction of sp³-hybridized carbons (Fsp3) is 0.364. The van der Waals surface area contributed by atoms with Gasteiger partial charge in [-0.2, -0.15) is 0 Å². The molecule has 1 aromatic carbocycles. The van der Waals surface area contributed by atoms with Gasteiger partial charge in [0.25, 0.3) is 21.4 Å². The zero-order valence-electron chi connectivity index (χ0n) is 10.5. The van der Waals surface area contributed by atoms with E-state index in [1.807, 2.05) is 0 Å². The molecule has 0 aliphatic heterocycles. The van der Waals surface area contributed by atoms with Gasteiger partial charge < -0.3 is 4.90 Å². The molecule has 0 saturated heterocycles. The van der Waals surface area contributed by atoms with Crippen LogP contribution in [-0.4, -0.2) is 39.2 Å². The Kier molecular flexibility index (Phi) is 5.04. The highest BCUT2D eigenvalue weighted by Gasteiger charge is 2.23. The summed E-state index contributed by atoms with van der Waals surface area (Å²) in [5.74, 6) is -1.93. The molecule has 0 fully saturated rings. The van der Waals surface area contributed by atoms with Crippen LogP contribution in [0.4, 0.5) is 13.2 Å². The second-order valence-corrected chi connectivity index (χ2v) is 6.65. The quantitative estimate of drug-likeness (QED) is 0.797. The van der Waals surface area contributed by atoms with Crippen molar-refractivity contribution in [3.05, 3.63) is 29.1 Å². The summed E-state index contributed by atoms with van der Waals surface area (Å²) in [5.41, 5.74) is -0.355. The number of hydrogen-bond donors (Lipinski definition) is 0. The van der Waals surface area contributed by atoms with Crippen LogP contribution in [0, 0.1) is 12.7 Å². The maximum absolute atomic E-state index is 13.6. The molecular formula is C11H11ClF3NO3S. The molecule has 0 bridgehead atoms. The minimum absolute atomic E-state index is 0.125. The summed E-state index contributed by atoms with van der Waals surface area (Å²) in [6, 6.07) is 1.81. The molecule has 0 spiro atoms. The molecule has 0 aliphatic carbocycles. The topological polar surface area (TPSA) is 54.5 Å². The molecule has 0 saturated carbocycles. The number of halogens is 4. The highest BCUT2D eigenvalue weighted by Crippen LogP contribution is 2.24. The van der Waals surface area contributed by atoms with Crippen LogP contribution >= 0.6 is 10.7 Å². The van der Waals surface area contributed by atoms with E-state index in [9.17, 15) is 26.4 Å². The van der Waals surface area contributed by atoms with Crippen molar-refractivity contribution in [1.82, 2.24) is 4.90 Å². The van der Waals surface area contributed by atoms with Crippen molar-refractivity contribution in [1.29, 1.82) is 0 Å². The second kappa shape index (κ2) is 6.01. The number of carbonyl (C=O) groups excluding carboxylic acids is 1. The highest BCUT2D eigenvalue weighted by atomic mass is 35.7. The third-order valence-corrected chi connectivity index (χ3v) is 3.81. The van der Waals surface area contributed by atoms with E-state index in [0.29, 0.717) is 4.90 Å². The largest absolute Gasteiger partial charge is 0.336 e. The first-order valence-electron chi connectivity index (χ1n) is 5.32. The number of alkyl halides is 2. The molecule has 1 rings (SSSR count). The molecule has 0 atom stereocenters. The monoisotopic (exact) mass is 329 g/mol. The smallest absolute Gasteiger partial charge is 0.264 e. The Labute approximate surface area is 118 Å². The van der Waals surface area contributed by atoms with Gasteiger partial charge >= 0.3 is 0 Å². The summed E-state index contributed by atoms with van der Waals surface area (Å²) < 4.78 is 60.5. The lowest BCUT2D eigenvalue weighted by atomic mass is 10.1. The number of amides is 1. The summed E-state index contributed by atoms with van der Waals surface area (Å²) in [6.45, 7) is 0.420. The minimum atomic E-state index is -4.38. The average molecular weight is 330 g/mol.